The second-order valence-corrected chi connectivity index (χ2v) is 7.23. The maximum absolute atomic E-state index is 4.84. The van der Waals surface area contributed by atoms with Crippen LogP contribution in [0, 0.1) is 11.8 Å². The number of anilines is 2. The van der Waals surface area contributed by atoms with Crippen molar-refractivity contribution >= 4 is 33.3 Å². The maximum Gasteiger partial charge on any atom is 0.226 e. The largest absolute Gasteiger partial charge is 0.355 e. The van der Waals surface area contributed by atoms with Gasteiger partial charge in [-0.25, -0.2) is 4.98 Å². The van der Waals surface area contributed by atoms with Gasteiger partial charge in [-0.15, -0.1) is 11.3 Å². The first kappa shape index (κ1) is 13.3. The van der Waals surface area contributed by atoms with Crippen molar-refractivity contribution in [2.45, 2.75) is 32.6 Å². The van der Waals surface area contributed by atoms with E-state index in [2.05, 4.69) is 33.6 Å². The lowest BCUT2D eigenvalue weighted by Gasteiger charge is -2.24. The standard InChI is InChI=1S/C16H22N4S/c1-2-17-16-18-14(13-7-8-21-15(13)19-16)20(9-11-3-4-11)10-12-5-6-12/h7-8,11-12H,2-6,9-10H2,1H3,(H,17,18,19). The van der Waals surface area contributed by atoms with Crippen molar-refractivity contribution in [1.82, 2.24) is 9.97 Å². The van der Waals surface area contributed by atoms with Crippen molar-refractivity contribution in [1.29, 1.82) is 0 Å². The van der Waals surface area contributed by atoms with Crippen LogP contribution in [0.4, 0.5) is 11.8 Å². The molecule has 2 heterocycles. The molecule has 0 aromatic carbocycles. The molecule has 2 fully saturated rings. The minimum Gasteiger partial charge on any atom is -0.355 e. The summed E-state index contributed by atoms with van der Waals surface area (Å²) >= 11 is 1.71. The van der Waals surface area contributed by atoms with Gasteiger partial charge in [0.05, 0.1) is 5.39 Å². The SMILES string of the molecule is CCNc1nc(N(CC2CC2)CC2CC2)c2ccsc2n1. The van der Waals surface area contributed by atoms with Gasteiger partial charge in [0.15, 0.2) is 0 Å². The van der Waals surface area contributed by atoms with Gasteiger partial charge in [0.2, 0.25) is 5.95 Å². The molecule has 0 bridgehead atoms. The number of rotatable bonds is 7. The molecule has 0 saturated heterocycles. The molecule has 4 nitrogen and oxygen atoms in total. The van der Waals surface area contributed by atoms with E-state index in [1.807, 2.05) is 0 Å². The van der Waals surface area contributed by atoms with Crippen molar-refractivity contribution < 1.29 is 0 Å². The van der Waals surface area contributed by atoms with Crippen LogP contribution in [0.5, 0.6) is 0 Å². The third-order valence-electron chi connectivity index (χ3n) is 4.29. The highest BCUT2D eigenvalue weighted by Gasteiger charge is 2.31. The Kier molecular flexibility index (Phi) is 3.45. The number of nitrogens with zero attached hydrogens (tertiary/aromatic N) is 3. The average molecular weight is 302 g/mol. The van der Waals surface area contributed by atoms with Gasteiger partial charge in [-0.05, 0) is 55.9 Å². The summed E-state index contributed by atoms with van der Waals surface area (Å²) in [6.07, 6.45) is 5.55. The molecule has 0 aliphatic heterocycles. The van der Waals surface area contributed by atoms with Crippen molar-refractivity contribution in [3.8, 4) is 0 Å². The fraction of sp³-hybridized carbons (Fsp3) is 0.625. The molecule has 0 atom stereocenters. The Balaban J connectivity index is 1.70. The van der Waals surface area contributed by atoms with Gasteiger partial charge < -0.3 is 10.2 Å². The summed E-state index contributed by atoms with van der Waals surface area (Å²) in [5.41, 5.74) is 0. The summed E-state index contributed by atoms with van der Waals surface area (Å²) in [4.78, 5) is 13.1. The molecular formula is C16H22N4S. The van der Waals surface area contributed by atoms with E-state index in [-0.39, 0.29) is 0 Å². The summed E-state index contributed by atoms with van der Waals surface area (Å²) in [6, 6.07) is 2.18. The monoisotopic (exact) mass is 302 g/mol. The third kappa shape index (κ3) is 2.98. The van der Waals surface area contributed by atoms with Crippen molar-refractivity contribution in [2.24, 2.45) is 11.8 Å². The van der Waals surface area contributed by atoms with E-state index in [0.717, 1.165) is 35.0 Å². The number of aromatic nitrogens is 2. The molecule has 2 aromatic rings. The van der Waals surface area contributed by atoms with E-state index in [9.17, 15) is 0 Å². The van der Waals surface area contributed by atoms with Crippen molar-refractivity contribution in [3.63, 3.8) is 0 Å². The first-order valence-corrected chi connectivity index (χ1v) is 8.95. The predicted molar refractivity (Wildman–Crippen MR) is 89.2 cm³/mol. The lowest BCUT2D eigenvalue weighted by Crippen LogP contribution is -2.29. The lowest BCUT2D eigenvalue weighted by molar-refractivity contribution is 0.673. The van der Waals surface area contributed by atoms with E-state index in [1.54, 1.807) is 11.3 Å². The van der Waals surface area contributed by atoms with Crippen LogP contribution in [0.25, 0.3) is 10.2 Å². The van der Waals surface area contributed by atoms with Crippen molar-refractivity contribution in [3.05, 3.63) is 11.4 Å². The second-order valence-electron chi connectivity index (χ2n) is 6.33. The van der Waals surface area contributed by atoms with E-state index >= 15 is 0 Å². The topological polar surface area (TPSA) is 41.1 Å². The van der Waals surface area contributed by atoms with Crippen LogP contribution in [-0.2, 0) is 0 Å². The van der Waals surface area contributed by atoms with Crippen LogP contribution < -0.4 is 10.2 Å². The van der Waals surface area contributed by atoms with Gasteiger partial charge in [-0.1, -0.05) is 0 Å². The second kappa shape index (κ2) is 5.44. The van der Waals surface area contributed by atoms with Crippen LogP contribution in [0.15, 0.2) is 11.4 Å². The summed E-state index contributed by atoms with van der Waals surface area (Å²) in [7, 11) is 0. The molecule has 21 heavy (non-hydrogen) atoms. The molecule has 0 unspecified atom stereocenters. The zero-order valence-corrected chi connectivity index (χ0v) is 13.3. The summed E-state index contributed by atoms with van der Waals surface area (Å²) in [5, 5.41) is 6.64. The Morgan fingerprint density at radius 2 is 1.90 bits per heavy atom. The highest BCUT2D eigenvalue weighted by Crippen LogP contribution is 2.38. The van der Waals surface area contributed by atoms with Crippen LogP contribution >= 0.6 is 11.3 Å². The zero-order chi connectivity index (χ0) is 14.2. The molecule has 2 saturated carbocycles. The molecule has 2 aromatic heterocycles. The fourth-order valence-corrected chi connectivity index (χ4v) is 3.55. The lowest BCUT2D eigenvalue weighted by atomic mass is 10.2. The first-order chi connectivity index (χ1) is 10.3. The molecule has 0 spiro atoms. The van der Waals surface area contributed by atoms with Crippen LogP contribution in [0.2, 0.25) is 0 Å². The van der Waals surface area contributed by atoms with Gasteiger partial charge in [0.1, 0.15) is 10.6 Å². The van der Waals surface area contributed by atoms with Gasteiger partial charge in [0.25, 0.3) is 0 Å². The molecule has 4 rings (SSSR count). The summed E-state index contributed by atoms with van der Waals surface area (Å²) in [6.45, 7) is 5.30. The van der Waals surface area contributed by atoms with Gasteiger partial charge in [-0.3, -0.25) is 0 Å². The summed E-state index contributed by atoms with van der Waals surface area (Å²) in [5.74, 6) is 3.69. The van der Waals surface area contributed by atoms with E-state index < -0.39 is 0 Å². The Morgan fingerprint density at radius 3 is 2.52 bits per heavy atom. The number of hydrogen-bond acceptors (Lipinski definition) is 5. The highest BCUT2D eigenvalue weighted by molar-refractivity contribution is 7.16. The molecule has 5 heteroatoms. The number of thiophene rings is 1. The van der Waals surface area contributed by atoms with E-state index in [1.165, 1.54) is 44.2 Å². The first-order valence-electron chi connectivity index (χ1n) is 8.07. The average Bonchev–Trinajstić information content (AvgIpc) is 3.39. The van der Waals surface area contributed by atoms with Gasteiger partial charge in [-0.2, -0.15) is 4.98 Å². The smallest absolute Gasteiger partial charge is 0.226 e. The van der Waals surface area contributed by atoms with Crippen LogP contribution in [0.1, 0.15) is 32.6 Å². The predicted octanol–water partition coefficient (Wildman–Crippen LogP) is 3.75. The highest BCUT2D eigenvalue weighted by atomic mass is 32.1. The zero-order valence-electron chi connectivity index (χ0n) is 12.5. The minimum atomic E-state index is 0.777. The molecular weight excluding hydrogens is 280 g/mol. The Bertz CT molecular complexity index is 616. The summed E-state index contributed by atoms with van der Waals surface area (Å²) < 4.78 is 0. The van der Waals surface area contributed by atoms with Crippen LogP contribution in [-0.4, -0.2) is 29.6 Å². The molecule has 0 amide bonds. The number of nitrogens with one attached hydrogen (secondary N) is 1. The van der Waals surface area contributed by atoms with Crippen LogP contribution in [0.3, 0.4) is 0 Å². The van der Waals surface area contributed by atoms with Gasteiger partial charge >= 0.3 is 0 Å². The Hall–Kier alpha value is -1.36. The van der Waals surface area contributed by atoms with Gasteiger partial charge in [0, 0.05) is 19.6 Å². The maximum atomic E-state index is 4.84. The molecule has 1 N–H and O–H groups in total. The van der Waals surface area contributed by atoms with Crippen molar-refractivity contribution in [2.75, 3.05) is 29.9 Å². The van der Waals surface area contributed by atoms with E-state index in [4.69, 9.17) is 4.98 Å². The number of hydrogen-bond donors (Lipinski definition) is 1. The quantitative estimate of drug-likeness (QED) is 0.845. The molecule has 112 valence electrons. The Morgan fingerprint density at radius 1 is 1.19 bits per heavy atom. The van der Waals surface area contributed by atoms with E-state index in [0.29, 0.717) is 0 Å². The number of fused-ring (bicyclic) bond motifs is 1. The minimum absolute atomic E-state index is 0.777. The molecule has 2 aliphatic rings. The molecule has 0 radical (unpaired) electrons. The Labute approximate surface area is 129 Å². The third-order valence-corrected chi connectivity index (χ3v) is 5.10. The molecule has 2 aliphatic carbocycles. The normalized spacial score (nSPS) is 18.1. The fourth-order valence-electron chi connectivity index (χ4n) is 2.79.